The van der Waals surface area contributed by atoms with Crippen molar-refractivity contribution in [1.29, 1.82) is 0 Å². The highest BCUT2D eigenvalue weighted by molar-refractivity contribution is 5.37. The Morgan fingerprint density at radius 3 is 2.50 bits per heavy atom. The van der Waals surface area contributed by atoms with Crippen LogP contribution in [-0.4, -0.2) is 35.7 Å². The first kappa shape index (κ1) is 12.7. The molecule has 0 amide bonds. The van der Waals surface area contributed by atoms with Crippen molar-refractivity contribution in [3.8, 4) is 0 Å². The van der Waals surface area contributed by atoms with Crippen molar-refractivity contribution in [3.63, 3.8) is 0 Å². The average molecular weight is 274 g/mol. The zero-order valence-corrected chi connectivity index (χ0v) is 12.5. The second-order valence-corrected chi connectivity index (χ2v) is 6.96. The predicted molar refractivity (Wildman–Crippen MR) is 81.1 cm³/mol. The molecule has 3 heterocycles. The van der Waals surface area contributed by atoms with E-state index in [4.69, 9.17) is 4.98 Å². The summed E-state index contributed by atoms with van der Waals surface area (Å²) in [6, 6.07) is 0.693. The molecule has 110 valence electrons. The molecule has 0 aromatic carbocycles. The smallest absolute Gasteiger partial charge is 0.205 e. The van der Waals surface area contributed by atoms with Gasteiger partial charge in [0.25, 0.3) is 0 Å². The van der Waals surface area contributed by atoms with Crippen LogP contribution in [0.3, 0.4) is 0 Å². The van der Waals surface area contributed by atoms with E-state index in [-0.39, 0.29) is 0 Å². The molecule has 3 aliphatic rings. The van der Waals surface area contributed by atoms with Crippen molar-refractivity contribution in [3.05, 3.63) is 11.9 Å². The lowest BCUT2D eigenvalue weighted by Crippen LogP contribution is -2.29. The molecule has 4 heteroatoms. The largest absolute Gasteiger partial charge is 0.342 e. The molecule has 1 saturated carbocycles. The van der Waals surface area contributed by atoms with Gasteiger partial charge in [0.1, 0.15) is 0 Å². The van der Waals surface area contributed by atoms with Gasteiger partial charge in [-0.2, -0.15) is 0 Å². The molecule has 2 aliphatic heterocycles. The van der Waals surface area contributed by atoms with Crippen LogP contribution in [0.25, 0.3) is 0 Å². The molecule has 3 fully saturated rings. The fraction of sp³-hybridized carbons (Fsp3) is 0.812. The number of imidazole rings is 1. The number of hydrogen-bond acceptors (Lipinski definition) is 3. The van der Waals surface area contributed by atoms with Gasteiger partial charge in [-0.05, 0) is 31.6 Å². The van der Waals surface area contributed by atoms with Crippen LogP contribution >= 0.6 is 0 Å². The summed E-state index contributed by atoms with van der Waals surface area (Å²) in [5.74, 6) is 2.93. The first-order chi connectivity index (χ1) is 9.81. The molecule has 1 aromatic rings. The second kappa shape index (κ2) is 5.06. The zero-order valence-electron chi connectivity index (χ0n) is 12.5. The van der Waals surface area contributed by atoms with Gasteiger partial charge in [-0.3, -0.25) is 0 Å². The van der Waals surface area contributed by atoms with Crippen LogP contribution in [0.2, 0.25) is 0 Å². The number of nitrogens with zero attached hydrogens (tertiary/aromatic N) is 3. The maximum absolute atomic E-state index is 4.86. The molecular formula is C16H26N4. The normalized spacial score (nSPS) is 30.9. The van der Waals surface area contributed by atoms with Crippen LogP contribution in [0.1, 0.15) is 43.8 Å². The van der Waals surface area contributed by atoms with Gasteiger partial charge < -0.3 is 14.8 Å². The maximum atomic E-state index is 4.86. The van der Waals surface area contributed by atoms with E-state index in [1.54, 1.807) is 0 Å². The number of anilines is 1. The summed E-state index contributed by atoms with van der Waals surface area (Å²) in [6.45, 7) is 6.93. The lowest BCUT2D eigenvalue weighted by Gasteiger charge is -2.28. The Balaban J connectivity index is 1.58. The van der Waals surface area contributed by atoms with Crippen LogP contribution in [0, 0.1) is 18.8 Å². The molecule has 4 rings (SSSR count). The topological polar surface area (TPSA) is 33.1 Å². The summed E-state index contributed by atoms with van der Waals surface area (Å²) >= 11 is 0. The summed E-state index contributed by atoms with van der Waals surface area (Å²) in [5.41, 5.74) is 1.18. The molecule has 0 spiro atoms. The highest BCUT2D eigenvalue weighted by atomic mass is 15.3. The van der Waals surface area contributed by atoms with Crippen LogP contribution in [0.5, 0.6) is 0 Å². The third-order valence-electron chi connectivity index (χ3n) is 5.47. The Bertz CT molecular complexity index is 463. The third-order valence-corrected chi connectivity index (χ3v) is 5.47. The highest BCUT2D eigenvalue weighted by Gasteiger charge is 2.38. The summed E-state index contributed by atoms with van der Waals surface area (Å²) < 4.78 is 2.50. The minimum Gasteiger partial charge on any atom is -0.342 e. The number of aromatic nitrogens is 2. The quantitative estimate of drug-likeness (QED) is 0.898. The predicted octanol–water partition coefficient (Wildman–Crippen LogP) is 2.35. The van der Waals surface area contributed by atoms with E-state index in [2.05, 4.69) is 27.9 Å². The number of fused-ring (bicyclic) bond motifs is 1. The van der Waals surface area contributed by atoms with Gasteiger partial charge in [-0.25, -0.2) is 4.98 Å². The summed E-state index contributed by atoms with van der Waals surface area (Å²) in [7, 11) is 0. The third kappa shape index (κ3) is 2.14. The molecule has 2 unspecified atom stereocenters. The number of aryl methyl sites for hydroxylation is 1. The van der Waals surface area contributed by atoms with Crippen molar-refractivity contribution in [2.24, 2.45) is 11.8 Å². The molecule has 4 nitrogen and oxygen atoms in total. The van der Waals surface area contributed by atoms with Crippen molar-refractivity contribution in [2.45, 2.75) is 45.1 Å². The Hall–Kier alpha value is -1.03. The Kier molecular flexibility index (Phi) is 3.21. The minimum atomic E-state index is 0.693. The summed E-state index contributed by atoms with van der Waals surface area (Å²) in [6.07, 6.45) is 9.15. The van der Waals surface area contributed by atoms with Crippen LogP contribution in [0.15, 0.2) is 6.20 Å². The van der Waals surface area contributed by atoms with E-state index in [0.717, 1.165) is 11.8 Å². The van der Waals surface area contributed by atoms with Gasteiger partial charge in [-0.15, -0.1) is 0 Å². The first-order valence-corrected chi connectivity index (χ1v) is 8.32. The summed E-state index contributed by atoms with van der Waals surface area (Å²) in [4.78, 5) is 7.42. The fourth-order valence-electron chi connectivity index (χ4n) is 4.38. The van der Waals surface area contributed by atoms with Gasteiger partial charge in [0.15, 0.2) is 0 Å². The van der Waals surface area contributed by atoms with Crippen molar-refractivity contribution in [2.75, 3.05) is 31.1 Å². The van der Waals surface area contributed by atoms with E-state index in [0.29, 0.717) is 6.04 Å². The molecule has 1 N–H and O–H groups in total. The van der Waals surface area contributed by atoms with Crippen molar-refractivity contribution >= 4 is 5.95 Å². The molecule has 1 aliphatic carbocycles. The van der Waals surface area contributed by atoms with E-state index in [1.807, 2.05) is 0 Å². The molecule has 0 radical (unpaired) electrons. The molecule has 1 aromatic heterocycles. The van der Waals surface area contributed by atoms with Gasteiger partial charge in [0.05, 0.1) is 5.69 Å². The first-order valence-electron chi connectivity index (χ1n) is 8.32. The minimum absolute atomic E-state index is 0.693. The number of hydrogen-bond donors (Lipinski definition) is 1. The Labute approximate surface area is 121 Å². The lowest BCUT2D eigenvalue weighted by atomic mass is 9.95. The van der Waals surface area contributed by atoms with Crippen molar-refractivity contribution < 1.29 is 0 Å². The molecule has 20 heavy (non-hydrogen) atoms. The average Bonchev–Trinajstić information content (AvgIpc) is 3.12. The highest BCUT2D eigenvalue weighted by Crippen LogP contribution is 2.35. The van der Waals surface area contributed by atoms with Crippen LogP contribution in [-0.2, 0) is 0 Å². The summed E-state index contributed by atoms with van der Waals surface area (Å²) in [5, 5.41) is 3.53. The number of rotatable bonds is 2. The van der Waals surface area contributed by atoms with Crippen LogP contribution in [0.4, 0.5) is 5.95 Å². The maximum Gasteiger partial charge on any atom is 0.205 e. The van der Waals surface area contributed by atoms with Crippen LogP contribution < -0.4 is 10.2 Å². The van der Waals surface area contributed by atoms with E-state index in [9.17, 15) is 0 Å². The SMILES string of the molecule is Cc1cn(C2CCCCC2)c(N2CC3CNCC3C2)n1. The fourth-order valence-corrected chi connectivity index (χ4v) is 4.38. The van der Waals surface area contributed by atoms with Gasteiger partial charge in [0.2, 0.25) is 5.95 Å². The van der Waals surface area contributed by atoms with E-state index in [1.165, 1.54) is 69.9 Å². The number of nitrogens with one attached hydrogen (secondary N) is 1. The molecule has 2 saturated heterocycles. The zero-order chi connectivity index (χ0) is 13.5. The van der Waals surface area contributed by atoms with E-state index >= 15 is 0 Å². The second-order valence-electron chi connectivity index (χ2n) is 6.96. The van der Waals surface area contributed by atoms with Gasteiger partial charge in [0, 0.05) is 38.4 Å². The Morgan fingerprint density at radius 2 is 1.80 bits per heavy atom. The molecule has 2 atom stereocenters. The van der Waals surface area contributed by atoms with Crippen molar-refractivity contribution in [1.82, 2.24) is 14.9 Å². The Morgan fingerprint density at radius 1 is 1.10 bits per heavy atom. The molecular weight excluding hydrogens is 248 g/mol. The monoisotopic (exact) mass is 274 g/mol. The van der Waals surface area contributed by atoms with Gasteiger partial charge >= 0.3 is 0 Å². The van der Waals surface area contributed by atoms with E-state index < -0.39 is 0 Å². The molecule has 0 bridgehead atoms. The van der Waals surface area contributed by atoms with Gasteiger partial charge in [-0.1, -0.05) is 19.3 Å². The standard InChI is InChI=1S/C16H26N4/c1-12-9-20(15-5-3-2-4-6-15)16(18-12)19-10-13-7-17-8-14(13)11-19/h9,13-15,17H,2-8,10-11H2,1H3. The lowest BCUT2D eigenvalue weighted by molar-refractivity contribution is 0.353.